The number of hydrogen-bond donors (Lipinski definition) is 3. The Bertz CT molecular complexity index is 619. The van der Waals surface area contributed by atoms with Crippen LogP contribution in [0.1, 0.15) is 13.8 Å². The van der Waals surface area contributed by atoms with Crippen molar-refractivity contribution in [3.8, 4) is 0 Å². The van der Waals surface area contributed by atoms with Crippen LogP contribution in [0.25, 0.3) is 0 Å². The van der Waals surface area contributed by atoms with Crippen molar-refractivity contribution in [2.45, 2.75) is 18.7 Å². The molecule has 0 saturated carbocycles. The predicted molar refractivity (Wildman–Crippen MR) is 70.1 cm³/mol. The van der Waals surface area contributed by atoms with Crippen LogP contribution in [0, 0.1) is 5.41 Å². The fourth-order valence-corrected chi connectivity index (χ4v) is 2.65. The van der Waals surface area contributed by atoms with E-state index in [1.807, 2.05) is 0 Å². The van der Waals surface area contributed by atoms with Gasteiger partial charge in [-0.15, -0.1) is 0 Å². The molecular formula is C11H17N3O4S. The Balaban J connectivity index is 2.92. The minimum atomic E-state index is -3.94. The number of pyridine rings is 1. The normalized spacial score (nSPS) is 12.2. The molecule has 0 atom stereocenters. The van der Waals surface area contributed by atoms with E-state index in [1.165, 1.54) is 13.2 Å². The molecule has 1 aromatic rings. The summed E-state index contributed by atoms with van der Waals surface area (Å²) in [4.78, 5) is 25.2. The maximum atomic E-state index is 11.9. The van der Waals surface area contributed by atoms with Crippen molar-refractivity contribution < 1.29 is 13.2 Å². The maximum Gasteiger partial charge on any atom is 0.245 e. The van der Waals surface area contributed by atoms with Gasteiger partial charge in [-0.3, -0.25) is 9.59 Å². The first kappa shape index (κ1) is 15.4. The van der Waals surface area contributed by atoms with Crippen molar-refractivity contribution in [1.82, 2.24) is 15.0 Å². The first-order valence-electron chi connectivity index (χ1n) is 5.59. The van der Waals surface area contributed by atoms with Crippen molar-refractivity contribution >= 4 is 15.9 Å². The third-order valence-corrected chi connectivity index (χ3v) is 4.05. The summed E-state index contributed by atoms with van der Waals surface area (Å²) >= 11 is 0. The van der Waals surface area contributed by atoms with Crippen LogP contribution in [0.3, 0.4) is 0 Å². The number of amides is 1. The quantitative estimate of drug-likeness (QED) is 0.673. The average molecular weight is 287 g/mol. The molecule has 106 valence electrons. The first-order valence-corrected chi connectivity index (χ1v) is 7.08. The molecule has 0 aliphatic heterocycles. The molecule has 0 spiro atoms. The molecule has 0 fully saturated rings. The third kappa shape index (κ3) is 3.65. The largest absolute Gasteiger partial charge is 0.366 e. The highest BCUT2D eigenvalue weighted by molar-refractivity contribution is 7.89. The Hall–Kier alpha value is -1.67. The molecule has 1 aromatic heterocycles. The highest BCUT2D eigenvalue weighted by atomic mass is 32.2. The zero-order valence-corrected chi connectivity index (χ0v) is 11.8. The van der Waals surface area contributed by atoms with Crippen molar-refractivity contribution in [2.75, 3.05) is 13.6 Å². The van der Waals surface area contributed by atoms with E-state index in [0.717, 1.165) is 12.3 Å². The summed E-state index contributed by atoms with van der Waals surface area (Å²) < 4.78 is 26.2. The summed E-state index contributed by atoms with van der Waals surface area (Å²) in [6.45, 7) is 3.09. The molecule has 0 aliphatic carbocycles. The van der Waals surface area contributed by atoms with Gasteiger partial charge >= 0.3 is 0 Å². The minimum absolute atomic E-state index is 0.108. The van der Waals surface area contributed by atoms with Crippen LogP contribution in [-0.4, -0.2) is 32.9 Å². The standard InChI is InChI=1S/C11H17N3O4S/c1-11(2,10(16)12-3)7-14-19(17,18)9-6-13-5-4-8(9)15/h4-6,14H,7H2,1-3H3,(H,12,16)(H,13,15). The Morgan fingerprint density at radius 1 is 1.42 bits per heavy atom. The van der Waals surface area contributed by atoms with E-state index < -0.39 is 20.9 Å². The lowest BCUT2D eigenvalue weighted by Crippen LogP contribution is -2.44. The smallest absolute Gasteiger partial charge is 0.245 e. The van der Waals surface area contributed by atoms with Gasteiger partial charge in [0.05, 0.1) is 5.41 Å². The summed E-state index contributed by atoms with van der Waals surface area (Å²) in [7, 11) is -2.47. The van der Waals surface area contributed by atoms with Gasteiger partial charge in [0.15, 0.2) is 0 Å². The molecule has 7 nitrogen and oxygen atoms in total. The summed E-state index contributed by atoms with van der Waals surface area (Å²) in [5, 5.41) is 2.45. The van der Waals surface area contributed by atoms with E-state index >= 15 is 0 Å². The van der Waals surface area contributed by atoms with Crippen LogP contribution in [-0.2, 0) is 14.8 Å². The van der Waals surface area contributed by atoms with Gasteiger partial charge in [-0.1, -0.05) is 0 Å². The second kappa shape index (κ2) is 5.54. The van der Waals surface area contributed by atoms with E-state index in [1.54, 1.807) is 13.8 Å². The molecule has 0 unspecified atom stereocenters. The molecule has 1 heterocycles. The van der Waals surface area contributed by atoms with E-state index in [0.29, 0.717) is 0 Å². The maximum absolute atomic E-state index is 11.9. The molecule has 19 heavy (non-hydrogen) atoms. The fourth-order valence-electron chi connectivity index (χ4n) is 1.38. The SMILES string of the molecule is CNC(=O)C(C)(C)CNS(=O)(=O)c1c[nH]ccc1=O. The molecular weight excluding hydrogens is 270 g/mol. The van der Waals surface area contributed by atoms with E-state index in [-0.39, 0.29) is 17.3 Å². The van der Waals surface area contributed by atoms with Crippen molar-refractivity contribution in [3.05, 3.63) is 28.7 Å². The Morgan fingerprint density at radius 3 is 2.58 bits per heavy atom. The average Bonchev–Trinajstić information content (AvgIpc) is 2.36. The van der Waals surface area contributed by atoms with Gasteiger partial charge in [0, 0.05) is 32.1 Å². The van der Waals surface area contributed by atoms with Crippen LogP contribution in [0.4, 0.5) is 0 Å². The monoisotopic (exact) mass is 287 g/mol. The van der Waals surface area contributed by atoms with Crippen LogP contribution in [0.2, 0.25) is 0 Å². The lowest BCUT2D eigenvalue weighted by molar-refractivity contribution is -0.128. The minimum Gasteiger partial charge on any atom is -0.366 e. The molecule has 8 heteroatoms. The van der Waals surface area contributed by atoms with Gasteiger partial charge in [-0.25, -0.2) is 13.1 Å². The van der Waals surface area contributed by atoms with Gasteiger partial charge in [0.1, 0.15) is 4.90 Å². The number of sulfonamides is 1. The van der Waals surface area contributed by atoms with Gasteiger partial charge < -0.3 is 10.3 Å². The number of carbonyl (C=O) groups is 1. The Labute approximate surface area is 111 Å². The molecule has 0 aromatic carbocycles. The third-order valence-electron chi connectivity index (χ3n) is 2.62. The van der Waals surface area contributed by atoms with E-state index in [4.69, 9.17) is 0 Å². The van der Waals surface area contributed by atoms with Crippen LogP contribution in [0.5, 0.6) is 0 Å². The Kier molecular flexibility index (Phi) is 4.48. The Morgan fingerprint density at radius 2 is 2.05 bits per heavy atom. The van der Waals surface area contributed by atoms with Crippen molar-refractivity contribution in [1.29, 1.82) is 0 Å². The molecule has 0 radical (unpaired) electrons. The summed E-state index contributed by atoms with van der Waals surface area (Å²) in [5.41, 5.74) is -1.52. The number of hydrogen-bond acceptors (Lipinski definition) is 4. The second-order valence-electron chi connectivity index (χ2n) is 4.66. The van der Waals surface area contributed by atoms with Gasteiger partial charge in [-0.2, -0.15) is 0 Å². The zero-order valence-electron chi connectivity index (χ0n) is 11.0. The zero-order chi connectivity index (χ0) is 14.7. The number of H-pyrrole nitrogens is 1. The van der Waals surface area contributed by atoms with Gasteiger partial charge in [0.2, 0.25) is 21.4 Å². The lowest BCUT2D eigenvalue weighted by Gasteiger charge is -2.22. The topological polar surface area (TPSA) is 108 Å². The van der Waals surface area contributed by atoms with Gasteiger partial charge in [0.25, 0.3) is 0 Å². The molecule has 1 rings (SSSR count). The second-order valence-corrected chi connectivity index (χ2v) is 6.40. The lowest BCUT2D eigenvalue weighted by atomic mass is 9.93. The molecule has 0 saturated heterocycles. The number of nitrogens with one attached hydrogen (secondary N) is 3. The predicted octanol–water partition coefficient (Wildman–Crippen LogP) is -0.575. The van der Waals surface area contributed by atoms with Crippen molar-refractivity contribution in [2.24, 2.45) is 5.41 Å². The highest BCUT2D eigenvalue weighted by Crippen LogP contribution is 2.14. The van der Waals surface area contributed by atoms with Crippen LogP contribution < -0.4 is 15.5 Å². The number of aromatic amines is 1. The van der Waals surface area contributed by atoms with E-state index in [9.17, 15) is 18.0 Å². The fraction of sp³-hybridized carbons (Fsp3) is 0.455. The summed E-state index contributed by atoms with van der Waals surface area (Å²) in [5.74, 6) is -0.294. The number of carbonyl (C=O) groups excluding carboxylic acids is 1. The van der Waals surface area contributed by atoms with Crippen LogP contribution in [0.15, 0.2) is 28.2 Å². The number of rotatable bonds is 5. The molecule has 0 aliphatic rings. The van der Waals surface area contributed by atoms with Gasteiger partial charge in [-0.05, 0) is 13.8 Å². The molecule has 1 amide bonds. The van der Waals surface area contributed by atoms with Crippen LogP contribution >= 0.6 is 0 Å². The molecule has 0 bridgehead atoms. The van der Waals surface area contributed by atoms with Crippen molar-refractivity contribution in [3.63, 3.8) is 0 Å². The summed E-state index contributed by atoms with van der Waals surface area (Å²) in [6.07, 6.45) is 2.45. The molecule has 3 N–H and O–H groups in total. The first-order chi connectivity index (χ1) is 8.70. The highest BCUT2D eigenvalue weighted by Gasteiger charge is 2.29. The number of aromatic nitrogens is 1. The van der Waals surface area contributed by atoms with E-state index in [2.05, 4.69) is 15.0 Å². The summed E-state index contributed by atoms with van der Waals surface area (Å²) in [6, 6.07) is 1.12.